The Bertz CT molecular complexity index is 869. The molecule has 0 aliphatic carbocycles. The fourth-order valence-electron chi connectivity index (χ4n) is 3.79. The Morgan fingerprint density at radius 2 is 1.61 bits per heavy atom. The van der Waals surface area contributed by atoms with Crippen molar-refractivity contribution in [2.45, 2.75) is 45.4 Å². The quantitative estimate of drug-likeness (QED) is 0.439. The molecule has 0 amide bonds. The van der Waals surface area contributed by atoms with Gasteiger partial charge < -0.3 is 9.84 Å². The van der Waals surface area contributed by atoms with Crippen LogP contribution in [0.4, 0.5) is 0 Å². The molecule has 0 saturated heterocycles. The summed E-state index contributed by atoms with van der Waals surface area (Å²) in [5.41, 5.74) is 5.04. The van der Waals surface area contributed by atoms with Gasteiger partial charge in [0.2, 0.25) is 0 Å². The van der Waals surface area contributed by atoms with E-state index in [0.717, 1.165) is 25.2 Å². The van der Waals surface area contributed by atoms with Crippen LogP contribution in [-0.2, 0) is 0 Å². The highest BCUT2D eigenvalue weighted by molar-refractivity contribution is 5.45. The summed E-state index contributed by atoms with van der Waals surface area (Å²) >= 11 is 0. The zero-order valence-electron chi connectivity index (χ0n) is 17.1. The Morgan fingerprint density at radius 1 is 0.893 bits per heavy atom. The fourth-order valence-corrected chi connectivity index (χ4v) is 3.79. The van der Waals surface area contributed by atoms with Gasteiger partial charge in [-0.25, -0.2) is 0 Å². The Balaban J connectivity index is 1.98. The molecule has 2 unspecified atom stereocenters. The molecule has 0 spiro atoms. The zero-order chi connectivity index (χ0) is 19.9. The van der Waals surface area contributed by atoms with Gasteiger partial charge in [0.1, 0.15) is 11.5 Å². The van der Waals surface area contributed by atoms with Crippen molar-refractivity contribution in [3.8, 4) is 11.5 Å². The highest BCUT2D eigenvalue weighted by Crippen LogP contribution is 2.40. The molecular weight excluding hydrogens is 344 g/mol. The van der Waals surface area contributed by atoms with Gasteiger partial charge in [-0.2, -0.15) is 0 Å². The average molecular weight is 375 g/mol. The van der Waals surface area contributed by atoms with Crippen LogP contribution in [0.25, 0.3) is 0 Å². The second-order valence-corrected chi connectivity index (χ2v) is 7.49. The first-order valence-corrected chi connectivity index (χ1v) is 10.2. The summed E-state index contributed by atoms with van der Waals surface area (Å²) in [7, 11) is 0. The molecule has 1 N–H and O–H groups in total. The predicted molar refractivity (Wildman–Crippen MR) is 116 cm³/mol. The minimum atomic E-state index is 0.202. The van der Waals surface area contributed by atoms with Gasteiger partial charge in [0.15, 0.2) is 0 Å². The second kappa shape index (κ2) is 9.45. The van der Waals surface area contributed by atoms with Gasteiger partial charge in [0.05, 0.1) is 6.61 Å². The van der Waals surface area contributed by atoms with Crippen LogP contribution in [0.5, 0.6) is 11.5 Å². The number of ether oxygens (including phenoxy) is 1. The van der Waals surface area contributed by atoms with Crippen LogP contribution in [0, 0.1) is 6.92 Å². The number of unbranched alkanes of at least 4 members (excludes halogenated alkanes) is 1. The number of phenols is 1. The lowest BCUT2D eigenvalue weighted by atomic mass is 9.77. The Morgan fingerprint density at radius 3 is 2.25 bits per heavy atom. The third kappa shape index (κ3) is 4.75. The lowest BCUT2D eigenvalue weighted by molar-refractivity contribution is 0.309. The molecule has 3 rings (SSSR count). The highest BCUT2D eigenvalue weighted by Gasteiger charge is 2.24. The second-order valence-electron chi connectivity index (χ2n) is 7.49. The van der Waals surface area contributed by atoms with Gasteiger partial charge in [-0.3, -0.25) is 0 Å². The molecular formula is C26H30O2. The van der Waals surface area contributed by atoms with Crippen LogP contribution < -0.4 is 4.74 Å². The summed E-state index contributed by atoms with van der Waals surface area (Å²) in [6.45, 7) is 7.37. The summed E-state index contributed by atoms with van der Waals surface area (Å²) in [5.74, 6) is 1.74. The molecule has 28 heavy (non-hydrogen) atoms. The molecule has 0 fully saturated rings. The van der Waals surface area contributed by atoms with Gasteiger partial charge >= 0.3 is 0 Å². The number of phenolic OH excluding ortho intramolecular Hbond substituents is 1. The van der Waals surface area contributed by atoms with Crippen LogP contribution in [0.2, 0.25) is 0 Å². The van der Waals surface area contributed by atoms with Crippen molar-refractivity contribution in [1.29, 1.82) is 0 Å². The van der Waals surface area contributed by atoms with E-state index in [2.05, 4.69) is 69.3 Å². The number of aromatic hydroxyl groups is 1. The van der Waals surface area contributed by atoms with Crippen molar-refractivity contribution in [2.75, 3.05) is 6.61 Å². The maximum atomic E-state index is 9.74. The van der Waals surface area contributed by atoms with Crippen molar-refractivity contribution in [1.82, 2.24) is 0 Å². The summed E-state index contributed by atoms with van der Waals surface area (Å²) in [6.07, 6.45) is 2.20. The normalized spacial score (nSPS) is 13.1. The first-order valence-electron chi connectivity index (χ1n) is 10.2. The Kier molecular flexibility index (Phi) is 6.76. The Hall–Kier alpha value is -2.74. The SMILES string of the molecule is CCCCOc1ccc(C(c2ccc(O)cc2)C(C)c2ccccc2)c(C)c1. The van der Waals surface area contributed by atoms with Gasteiger partial charge in [-0.1, -0.05) is 68.8 Å². The summed E-state index contributed by atoms with van der Waals surface area (Å²) < 4.78 is 5.90. The molecule has 0 bridgehead atoms. The fraction of sp³-hybridized carbons (Fsp3) is 0.308. The third-order valence-corrected chi connectivity index (χ3v) is 5.42. The molecule has 0 aliphatic rings. The van der Waals surface area contributed by atoms with Crippen molar-refractivity contribution >= 4 is 0 Å². The average Bonchev–Trinajstić information content (AvgIpc) is 2.72. The van der Waals surface area contributed by atoms with Gasteiger partial charge in [-0.05, 0) is 65.8 Å². The van der Waals surface area contributed by atoms with Gasteiger partial charge in [0, 0.05) is 5.92 Å². The number of benzene rings is 3. The molecule has 3 aromatic rings. The topological polar surface area (TPSA) is 29.5 Å². The first-order chi connectivity index (χ1) is 13.6. The summed E-state index contributed by atoms with van der Waals surface area (Å²) in [6, 6.07) is 24.7. The van der Waals surface area contributed by atoms with E-state index in [1.807, 2.05) is 12.1 Å². The van der Waals surface area contributed by atoms with E-state index in [9.17, 15) is 5.11 Å². The van der Waals surface area contributed by atoms with E-state index in [4.69, 9.17) is 4.74 Å². The highest BCUT2D eigenvalue weighted by atomic mass is 16.5. The zero-order valence-corrected chi connectivity index (χ0v) is 17.1. The van der Waals surface area contributed by atoms with Crippen LogP contribution >= 0.6 is 0 Å². The molecule has 2 heteroatoms. The van der Waals surface area contributed by atoms with Crippen LogP contribution in [-0.4, -0.2) is 11.7 Å². The van der Waals surface area contributed by atoms with E-state index >= 15 is 0 Å². The third-order valence-electron chi connectivity index (χ3n) is 5.42. The molecule has 0 radical (unpaired) electrons. The predicted octanol–water partition coefficient (Wildman–Crippen LogP) is 6.82. The lowest BCUT2D eigenvalue weighted by Gasteiger charge is -2.27. The number of rotatable bonds is 8. The molecule has 146 valence electrons. The van der Waals surface area contributed by atoms with E-state index in [-0.39, 0.29) is 5.92 Å². The Labute approximate surface area is 168 Å². The van der Waals surface area contributed by atoms with E-state index < -0.39 is 0 Å². The van der Waals surface area contributed by atoms with Crippen molar-refractivity contribution in [3.63, 3.8) is 0 Å². The molecule has 0 saturated carbocycles. The smallest absolute Gasteiger partial charge is 0.119 e. The van der Waals surface area contributed by atoms with Gasteiger partial charge in [0.25, 0.3) is 0 Å². The summed E-state index contributed by atoms with van der Waals surface area (Å²) in [5, 5.41) is 9.74. The molecule has 0 aromatic heterocycles. The first kappa shape index (κ1) is 20.0. The summed E-state index contributed by atoms with van der Waals surface area (Å²) in [4.78, 5) is 0. The van der Waals surface area contributed by atoms with Crippen molar-refractivity contribution in [3.05, 3.63) is 95.1 Å². The maximum Gasteiger partial charge on any atom is 0.119 e. The van der Waals surface area contributed by atoms with E-state index in [1.54, 1.807) is 12.1 Å². The number of hydrogen-bond donors (Lipinski definition) is 1. The number of aryl methyl sites for hydroxylation is 1. The number of hydrogen-bond acceptors (Lipinski definition) is 2. The van der Waals surface area contributed by atoms with Gasteiger partial charge in [-0.15, -0.1) is 0 Å². The standard InChI is InChI=1S/C26H30O2/c1-4-5-17-28-24-15-16-25(19(2)18-24)26(22-11-13-23(27)14-12-22)20(3)21-9-7-6-8-10-21/h6-16,18,20,26-27H,4-5,17H2,1-3H3. The van der Waals surface area contributed by atoms with Crippen molar-refractivity contribution in [2.24, 2.45) is 0 Å². The van der Waals surface area contributed by atoms with Crippen molar-refractivity contribution < 1.29 is 9.84 Å². The molecule has 0 heterocycles. The monoisotopic (exact) mass is 374 g/mol. The molecule has 0 aliphatic heterocycles. The molecule has 2 atom stereocenters. The van der Waals surface area contributed by atoms with Crippen LogP contribution in [0.1, 0.15) is 60.8 Å². The van der Waals surface area contributed by atoms with Crippen LogP contribution in [0.15, 0.2) is 72.8 Å². The van der Waals surface area contributed by atoms with E-state index in [1.165, 1.54) is 22.3 Å². The largest absolute Gasteiger partial charge is 0.508 e. The lowest BCUT2D eigenvalue weighted by Crippen LogP contribution is -2.12. The van der Waals surface area contributed by atoms with E-state index in [0.29, 0.717) is 11.7 Å². The molecule has 2 nitrogen and oxygen atoms in total. The van der Waals surface area contributed by atoms with Crippen LogP contribution in [0.3, 0.4) is 0 Å². The minimum Gasteiger partial charge on any atom is -0.508 e. The minimum absolute atomic E-state index is 0.202. The molecule has 3 aromatic carbocycles. The maximum absolute atomic E-state index is 9.74.